The second kappa shape index (κ2) is 8.74. The first kappa shape index (κ1) is 22.6. The highest BCUT2D eigenvalue weighted by molar-refractivity contribution is 7.13. The number of esters is 1. The summed E-state index contributed by atoms with van der Waals surface area (Å²) in [6, 6.07) is 8.72. The van der Waals surface area contributed by atoms with Crippen LogP contribution in [0.2, 0.25) is 0 Å². The van der Waals surface area contributed by atoms with Gasteiger partial charge in [-0.2, -0.15) is 13.2 Å². The summed E-state index contributed by atoms with van der Waals surface area (Å²) in [4.78, 5) is 29.2. The third-order valence-electron chi connectivity index (χ3n) is 5.89. The van der Waals surface area contributed by atoms with Gasteiger partial charge in [-0.05, 0) is 29.8 Å². The zero-order chi connectivity index (χ0) is 22.9. The van der Waals surface area contributed by atoms with Crippen molar-refractivity contribution in [2.45, 2.75) is 37.7 Å². The Morgan fingerprint density at radius 1 is 1.12 bits per heavy atom. The molecule has 1 amide bonds. The SMILES string of the molecule is COC(=O)c1ccc(CN2CC3(CCN(Cc4ccc(C(F)(F)F)cc4)CC3)OC2=O)s1. The summed E-state index contributed by atoms with van der Waals surface area (Å²) in [6.45, 7) is 2.78. The van der Waals surface area contributed by atoms with E-state index in [1.807, 2.05) is 6.07 Å². The minimum absolute atomic E-state index is 0.366. The average molecular weight is 468 g/mol. The van der Waals surface area contributed by atoms with Gasteiger partial charge in [-0.3, -0.25) is 9.80 Å². The zero-order valence-electron chi connectivity index (χ0n) is 17.5. The number of hydrogen-bond acceptors (Lipinski definition) is 6. The molecule has 0 atom stereocenters. The Morgan fingerprint density at radius 3 is 2.44 bits per heavy atom. The number of halogens is 3. The second-order valence-corrected chi connectivity index (χ2v) is 9.30. The lowest BCUT2D eigenvalue weighted by atomic mass is 9.91. The molecule has 2 fully saturated rings. The number of carbonyl (C=O) groups excluding carboxylic acids is 2. The Balaban J connectivity index is 1.31. The Labute approximate surface area is 187 Å². The van der Waals surface area contributed by atoms with E-state index in [0.717, 1.165) is 22.6 Å². The van der Waals surface area contributed by atoms with Crippen molar-refractivity contribution >= 4 is 23.4 Å². The van der Waals surface area contributed by atoms with E-state index >= 15 is 0 Å². The van der Waals surface area contributed by atoms with Gasteiger partial charge >= 0.3 is 18.2 Å². The van der Waals surface area contributed by atoms with E-state index < -0.39 is 23.3 Å². The van der Waals surface area contributed by atoms with Gasteiger partial charge in [0.1, 0.15) is 10.5 Å². The van der Waals surface area contributed by atoms with E-state index in [9.17, 15) is 22.8 Å². The maximum atomic E-state index is 12.7. The number of carbonyl (C=O) groups is 2. The molecule has 2 aliphatic rings. The number of ether oxygens (including phenoxy) is 2. The fourth-order valence-corrected chi connectivity index (χ4v) is 5.05. The first-order valence-electron chi connectivity index (χ1n) is 10.2. The van der Waals surface area contributed by atoms with Gasteiger partial charge < -0.3 is 9.47 Å². The molecule has 2 aromatic rings. The maximum absolute atomic E-state index is 12.7. The number of piperidine rings is 1. The van der Waals surface area contributed by atoms with Gasteiger partial charge in [0.15, 0.2) is 0 Å². The molecule has 1 aromatic carbocycles. The van der Waals surface area contributed by atoms with Crippen molar-refractivity contribution in [3.05, 3.63) is 57.3 Å². The Morgan fingerprint density at radius 2 is 1.81 bits per heavy atom. The predicted molar refractivity (Wildman–Crippen MR) is 111 cm³/mol. The fraction of sp³-hybridized carbons (Fsp3) is 0.455. The second-order valence-electron chi connectivity index (χ2n) is 8.14. The van der Waals surface area contributed by atoms with Crippen molar-refractivity contribution < 1.29 is 32.2 Å². The lowest BCUT2D eigenvalue weighted by Gasteiger charge is -2.37. The van der Waals surface area contributed by atoms with Crippen LogP contribution in [-0.2, 0) is 28.7 Å². The first-order valence-corrected chi connectivity index (χ1v) is 11.0. The smallest absolute Gasteiger partial charge is 0.416 e. The molecule has 1 spiro atoms. The van der Waals surface area contributed by atoms with Gasteiger partial charge in [0.05, 0.1) is 25.8 Å². The molecule has 3 heterocycles. The number of likely N-dealkylation sites (tertiary alicyclic amines) is 1. The molecule has 6 nitrogen and oxygen atoms in total. The standard InChI is InChI=1S/C22H23F3N2O4S/c1-30-19(28)18-7-6-17(32-18)13-27-14-21(31-20(27)29)8-10-26(11-9-21)12-15-2-4-16(5-3-15)22(23,24)25/h2-7H,8-14H2,1H3. The van der Waals surface area contributed by atoms with Crippen LogP contribution >= 0.6 is 11.3 Å². The van der Waals surface area contributed by atoms with E-state index in [1.54, 1.807) is 11.0 Å². The third kappa shape index (κ3) is 4.91. The van der Waals surface area contributed by atoms with Crippen LogP contribution < -0.4 is 0 Å². The number of rotatable bonds is 5. The van der Waals surface area contributed by atoms with Crippen LogP contribution in [0.15, 0.2) is 36.4 Å². The molecule has 4 rings (SSSR count). The van der Waals surface area contributed by atoms with Crippen LogP contribution in [0.3, 0.4) is 0 Å². The molecule has 10 heteroatoms. The minimum Gasteiger partial charge on any atom is -0.465 e. The van der Waals surface area contributed by atoms with Gasteiger partial charge in [-0.15, -0.1) is 11.3 Å². The summed E-state index contributed by atoms with van der Waals surface area (Å²) >= 11 is 1.29. The molecule has 0 N–H and O–H groups in total. The van der Waals surface area contributed by atoms with Crippen LogP contribution in [0.4, 0.5) is 18.0 Å². The Kier molecular flexibility index (Phi) is 6.17. The first-order chi connectivity index (χ1) is 15.2. The number of hydrogen-bond donors (Lipinski definition) is 0. The molecule has 32 heavy (non-hydrogen) atoms. The number of benzene rings is 1. The highest BCUT2D eigenvalue weighted by Crippen LogP contribution is 2.35. The van der Waals surface area contributed by atoms with Crippen LogP contribution in [-0.4, -0.2) is 54.2 Å². The van der Waals surface area contributed by atoms with Crippen molar-refractivity contribution in [1.82, 2.24) is 9.80 Å². The summed E-state index contributed by atoms with van der Waals surface area (Å²) in [5.74, 6) is -0.401. The Hall–Kier alpha value is -2.59. The third-order valence-corrected chi connectivity index (χ3v) is 6.94. The van der Waals surface area contributed by atoms with Crippen molar-refractivity contribution in [2.75, 3.05) is 26.7 Å². The monoisotopic (exact) mass is 468 g/mol. The molecule has 0 saturated carbocycles. The van der Waals surface area contributed by atoms with Crippen molar-refractivity contribution in [1.29, 1.82) is 0 Å². The highest BCUT2D eigenvalue weighted by atomic mass is 32.1. The Bertz CT molecular complexity index is 982. The minimum atomic E-state index is -4.34. The van der Waals surface area contributed by atoms with Crippen LogP contribution in [0.25, 0.3) is 0 Å². The molecular formula is C22H23F3N2O4S. The summed E-state index contributed by atoms with van der Waals surface area (Å²) in [6.07, 6.45) is -3.38. The van der Waals surface area contributed by atoms with E-state index in [4.69, 9.17) is 9.47 Å². The molecule has 172 valence electrons. The molecule has 2 saturated heterocycles. The quantitative estimate of drug-likeness (QED) is 0.603. The molecule has 1 aromatic heterocycles. The number of thiophene rings is 1. The number of alkyl halides is 3. The zero-order valence-corrected chi connectivity index (χ0v) is 18.3. The largest absolute Gasteiger partial charge is 0.465 e. The van der Waals surface area contributed by atoms with Crippen LogP contribution in [0.1, 0.15) is 38.5 Å². The highest BCUT2D eigenvalue weighted by Gasteiger charge is 2.47. The summed E-state index contributed by atoms with van der Waals surface area (Å²) in [5, 5.41) is 0. The molecular weight excluding hydrogens is 445 g/mol. The molecule has 0 radical (unpaired) electrons. The summed E-state index contributed by atoms with van der Waals surface area (Å²) in [7, 11) is 1.33. The molecule has 0 aliphatic carbocycles. The molecule has 2 aliphatic heterocycles. The van der Waals surface area contributed by atoms with E-state index in [1.165, 1.54) is 30.6 Å². The average Bonchev–Trinajstić information content (AvgIpc) is 3.34. The van der Waals surface area contributed by atoms with E-state index in [-0.39, 0.29) is 6.09 Å². The van der Waals surface area contributed by atoms with Crippen molar-refractivity contribution in [3.63, 3.8) is 0 Å². The summed E-state index contributed by atoms with van der Waals surface area (Å²) < 4.78 is 48.6. The number of amides is 1. The van der Waals surface area contributed by atoms with E-state index in [2.05, 4.69) is 4.90 Å². The van der Waals surface area contributed by atoms with Gasteiger partial charge in [-0.25, -0.2) is 9.59 Å². The van der Waals surface area contributed by atoms with Crippen LogP contribution in [0, 0.1) is 0 Å². The van der Waals surface area contributed by atoms with E-state index in [0.29, 0.717) is 50.4 Å². The lowest BCUT2D eigenvalue weighted by Crippen LogP contribution is -2.46. The summed E-state index contributed by atoms with van der Waals surface area (Å²) in [5.41, 5.74) is -0.379. The van der Waals surface area contributed by atoms with Gasteiger partial charge in [0.25, 0.3) is 0 Å². The lowest BCUT2D eigenvalue weighted by molar-refractivity contribution is -0.137. The molecule has 0 unspecified atom stereocenters. The fourth-order valence-electron chi connectivity index (χ4n) is 4.11. The molecule has 0 bridgehead atoms. The van der Waals surface area contributed by atoms with Crippen LogP contribution in [0.5, 0.6) is 0 Å². The van der Waals surface area contributed by atoms with Gasteiger partial charge in [0, 0.05) is 37.4 Å². The topological polar surface area (TPSA) is 59.1 Å². The van der Waals surface area contributed by atoms with Gasteiger partial charge in [0.2, 0.25) is 0 Å². The predicted octanol–water partition coefficient (Wildman–Crippen LogP) is 4.54. The number of nitrogens with zero attached hydrogens (tertiary/aromatic N) is 2. The maximum Gasteiger partial charge on any atom is 0.416 e. The van der Waals surface area contributed by atoms with Gasteiger partial charge in [-0.1, -0.05) is 12.1 Å². The number of methoxy groups -OCH3 is 1. The normalized spacial score (nSPS) is 18.8. The van der Waals surface area contributed by atoms with Crippen molar-refractivity contribution in [3.8, 4) is 0 Å². The van der Waals surface area contributed by atoms with Crippen molar-refractivity contribution in [2.24, 2.45) is 0 Å².